The molecule has 0 atom stereocenters. The van der Waals surface area contributed by atoms with E-state index in [-0.39, 0.29) is 6.03 Å². The molecule has 0 radical (unpaired) electrons. The Hall–Kier alpha value is -1.55. The summed E-state index contributed by atoms with van der Waals surface area (Å²) in [5.41, 5.74) is 7.31. The Balaban J connectivity index is 1.98. The van der Waals surface area contributed by atoms with Gasteiger partial charge in [0, 0.05) is 18.3 Å². The van der Waals surface area contributed by atoms with E-state index in [4.69, 9.17) is 5.73 Å². The van der Waals surface area contributed by atoms with Crippen molar-refractivity contribution in [1.82, 2.24) is 5.32 Å². The molecule has 1 fully saturated rings. The van der Waals surface area contributed by atoms with Gasteiger partial charge in [0.2, 0.25) is 0 Å². The molecule has 0 bridgehead atoms. The lowest BCUT2D eigenvalue weighted by atomic mass is 10.2. The second-order valence-electron chi connectivity index (χ2n) is 3.73. The second-order valence-corrected chi connectivity index (χ2v) is 3.73. The first kappa shape index (κ1) is 9.98. The third-order valence-corrected chi connectivity index (χ3v) is 2.40. The standard InChI is InChI=1S/C11H15N3O/c12-7-8-3-1-2-4-10(8)14-11(15)13-9-5-6-9/h1-4,9H,5-7,12H2,(H2,13,14,15). The molecule has 0 saturated heterocycles. The highest BCUT2D eigenvalue weighted by molar-refractivity contribution is 5.90. The van der Waals surface area contributed by atoms with Crippen molar-refractivity contribution in [2.24, 2.45) is 5.73 Å². The van der Waals surface area contributed by atoms with Crippen LogP contribution >= 0.6 is 0 Å². The number of nitrogens with one attached hydrogen (secondary N) is 2. The molecule has 0 spiro atoms. The number of amides is 2. The predicted molar refractivity (Wildman–Crippen MR) is 59.5 cm³/mol. The first-order valence-electron chi connectivity index (χ1n) is 5.15. The van der Waals surface area contributed by atoms with Crippen LogP contribution in [0.5, 0.6) is 0 Å². The van der Waals surface area contributed by atoms with Gasteiger partial charge in [0.05, 0.1) is 0 Å². The van der Waals surface area contributed by atoms with E-state index in [1.807, 2.05) is 24.3 Å². The SMILES string of the molecule is NCc1ccccc1NC(=O)NC1CC1. The Kier molecular flexibility index (Phi) is 2.87. The zero-order chi connectivity index (χ0) is 10.7. The maximum atomic E-state index is 11.5. The van der Waals surface area contributed by atoms with Crippen LogP contribution in [0.1, 0.15) is 18.4 Å². The molecule has 1 saturated carbocycles. The highest BCUT2D eigenvalue weighted by Crippen LogP contribution is 2.19. The monoisotopic (exact) mass is 205 g/mol. The molecule has 0 aromatic heterocycles. The largest absolute Gasteiger partial charge is 0.335 e. The smallest absolute Gasteiger partial charge is 0.319 e. The van der Waals surface area contributed by atoms with E-state index in [2.05, 4.69) is 10.6 Å². The summed E-state index contributed by atoms with van der Waals surface area (Å²) in [7, 11) is 0. The van der Waals surface area contributed by atoms with Crippen molar-refractivity contribution >= 4 is 11.7 Å². The number of carbonyl (C=O) groups is 1. The van der Waals surface area contributed by atoms with Gasteiger partial charge in [-0.1, -0.05) is 18.2 Å². The summed E-state index contributed by atoms with van der Waals surface area (Å²) in [4.78, 5) is 11.5. The molecule has 1 aliphatic carbocycles. The summed E-state index contributed by atoms with van der Waals surface area (Å²) < 4.78 is 0. The van der Waals surface area contributed by atoms with Gasteiger partial charge in [-0.2, -0.15) is 0 Å². The number of benzene rings is 1. The maximum absolute atomic E-state index is 11.5. The van der Waals surface area contributed by atoms with Crippen molar-refractivity contribution in [2.75, 3.05) is 5.32 Å². The van der Waals surface area contributed by atoms with Gasteiger partial charge in [-0.15, -0.1) is 0 Å². The van der Waals surface area contributed by atoms with Crippen LogP contribution in [-0.2, 0) is 6.54 Å². The number of para-hydroxylation sites is 1. The second kappa shape index (κ2) is 4.31. The number of carbonyl (C=O) groups excluding carboxylic acids is 1. The van der Waals surface area contributed by atoms with Crippen LogP contribution in [-0.4, -0.2) is 12.1 Å². The minimum atomic E-state index is -0.140. The van der Waals surface area contributed by atoms with E-state index in [0.29, 0.717) is 12.6 Å². The number of anilines is 1. The number of nitrogens with two attached hydrogens (primary N) is 1. The Bertz CT molecular complexity index is 361. The van der Waals surface area contributed by atoms with Gasteiger partial charge in [-0.05, 0) is 24.5 Å². The van der Waals surface area contributed by atoms with Gasteiger partial charge in [0.15, 0.2) is 0 Å². The average molecular weight is 205 g/mol. The minimum Gasteiger partial charge on any atom is -0.335 e. The number of hydrogen-bond acceptors (Lipinski definition) is 2. The third kappa shape index (κ3) is 2.70. The van der Waals surface area contributed by atoms with Crippen molar-refractivity contribution in [3.05, 3.63) is 29.8 Å². The summed E-state index contributed by atoms with van der Waals surface area (Å²) in [6, 6.07) is 7.79. The molecule has 4 nitrogen and oxygen atoms in total. The summed E-state index contributed by atoms with van der Waals surface area (Å²) in [6.45, 7) is 0.430. The highest BCUT2D eigenvalue weighted by Gasteiger charge is 2.23. The van der Waals surface area contributed by atoms with Crippen molar-refractivity contribution in [3.63, 3.8) is 0 Å². The van der Waals surface area contributed by atoms with Crippen molar-refractivity contribution in [3.8, 4) is 0 Å². The number of urea groups is 1. The van der Waals surface area contributed by atoms with Crippen LogP contribution in [0, 0.1) is 0 Å². The van der Waals surface area contributed by atoms with E-state index in [1.165, 1.54) is 0 Å². The Morgan fingerprint density at radius 2 is 2.13 bits per heavy atom. The normalized spacial score (nSPS) is 14.7. The minimum absolute atomic E-state index is 0.140. The van der Waals surface area contributed by atoms with Crippen molar-refractivity contribution in [1.29, 1.82) is 0 Å². The van der Waals surface area contributed by atoms with Gasteiger partial charge in [-0.25, -0.2) is 4.79 Å². The summed E-state index contributed by atoms with van der Waals surface area (Å²) >= 11 is 0. The van der Waals surface area contributed by atoms with E-state index >= 15 is 0 Å². The highest BCUT2D eigenvalue weighted by atomic mass is 16.2. The quantitative estimate of drug-likeness (QED) is 0.698. The molecule has 2 amide bonds. The van der Waals surface area contributed by atoms with Gasteiger partial charge in [-0.3, -0.25) is 0 Å². The summed E-state index contributed by atoms with van der Waals surface area (Å²) in [5.74, 6) is 0. The van der Waals surface area contributed by atoms with Crippen LogP contribution in [0.15, 0.2) is 24.3 Å². The lowest BCUT2D eigenvalue weighted by Crippen LogP contribution is -2.30. The zero-order valence-electron chi connectivity index (χ0n) is 8.49. The van der Waals surface area contributed by atoms with Gasteiger partial charge in [0.25, 0.3) is 0 Å². The molecular weight excluding hydrogens is 190 g/mol. The van der Waals surface area contributed by atoms with Crippen molar-refractivity contribution < 1.29 is 4.79 Å². The fraction of sp³-hybridized carbons (Fsp3) is 0.364. The van der Waals surface area contributed by atoms with Gasteiger partial charge < -0.3 is 16.4 Å². The van der Waals surface area contributed by atoms with E-state index in [1.54, 1.807) is 0 Å². The number of hydrogen-bond donors (Lipinski definition) is 3. The summed E-state index contributed by atoms with van der Waals surface area (Å²) in [5, 5.41) is 5.67. The fourth-order valence-electron chi connectivity index (χ4n) is 1.39. The van der Waals surface area contributed by atoms with E-state index < -0.39 is 0 Å². The fourth-order valence-corrected chi connectivity index (χ4v) is 1.39. The third-order valence-electron chi connectivity index (χ3n) is 2.40. The predicted octanol–water partition coefficient (Wildman–Crippen LogP) is 1.43. The Labute approximate surface area is 88.9 Å². The molecule has 4 N–H and O–H groups in total. The van der Waals surface area contributed by atoms with Crippen molar-refractivity contribution in [2.45, 2.75) is 25.4 Å². The molecule has 4 heteroatoms. The molecule has 1 aromatic rings. The molecule has 2 rings (SSSR count). The topological polar surface area (TPSA) is 67.1 Å². The van der Waals surface area contributed by atoms with E-state index in [9.17, 15) is 4.79 Å². The molecule has 15 heavy (non-hydrogen) atoms. The van der Waals surface area contributed by atoms with Crippen LogP contribution in [0.3, 0.4) is 0 Å². The molecule has 0 unspecified atom stereocenters. The molecule has 0 heterocycles. The Morgan fingerprint density at radius 3 is 2.80 bits per heavy atom. The van der Waals surface area contributed by atoms with Crippen LogP contribution in [0.4, 0.5) is 10.5 Å². The van der Waals surface area contributed by atoms with Crippen LogP contribution in [0.25, 0.3) is 0 Å². The summed E-state index contributed by atoms with van der Waals surface area (Å²) in [6.07, 6.45) is 2.18. The lowest BCUT2D eigenvalue weighted by molar-refractivity contribution is 0.251. The molecule has 1 aromatic carbocycles. The molecular formula is C11H15N3O. The van der Waals surface area contributed by atoms with E-state index in [0.717, 1.165) is 24.1 Å². The first-order chi connectivity index (χ1) is 7.29. The zero-order valence-corrected chi connectivity index (χ0v) is 8.49. The molecule has 80 valence electrons. The molecule has 1 aliphatic rings. The van der Waals surface area contributed by atoms with Gasteiger partial charge >= 0.3 is 6.03 Å². The average Bonchev–Trinajstić information content (AvgIpc) is 3.02. The van der Waals surface area contributed by atoms with Gasteiger partial charge in [0.1, 0.15) is 0 Å². The lowest BCUT2D eigenvalue weighted by Gasteiger charge is -2.09. The van der Waals surface area contributed by atoms with Crippen LogP contribution in [0.2, 0.25) is 0 Å². The number of rotatable bonds is 3. The first-order valence-corrected chi connectivity index (χ1v) is 5.15. The van der Waals surface area contributed by atoms with Crippen LogP contribution < -0.4 is 16.4 Å². The Morgan fingerprint density at radius 1 is 1.40 bits per heavy atom. The molecule has 0 aliphatic heterocycles. The maximum Gasteiger partial charge on any atom is 0.319 e.